The van der Waals surface area contributed by atoms with Gasteiger partial charge in [0.1, 0.15) is 16.8 Å². The summed E-state index contributed by atoms with van der Waals surface area (Å²) in [5, 5.41) is 14.8. The molecule has 0 aliphatic rings. The minimum absolute atomic E-state index is 0.182. The fourth-order valence-corrected chi connectivity index (χ4v) is 3.13. The van der Waals surface area contributed by atoms with Crippen molar-refractivity contribution in [3.05, 3.63) is 35.7 Å². The molecule has 6 heteroatoms. The molecule has 2 heterocycles. The van der Waals surface area contributed by atoms with Gasteiger partial charge in [-0.1, -0.05) is 32.1 Å². The molecule has 5 nitrogen and oxygen atoms in total. The van der Waals surface area contributed by atoms with E-state index < -0.39 is 0 Å². The number of aromatic nitrogens is 3. The highest BCUT2D eigenvalue weighted by atomic mass is 32.1. The molecule has 0 saturated heterocycles. The van der Waals surface area contributed by atoms with Crippen molar-refractivity contribution in [1.29, 1.82) is 5.26 Å². The van der Waals surface area contributed by atoms with Crippen molar-refractivity contribution in [2.24, 2.45) is 0 Å². The third-order valence-corrected chi connectivity index (χ3v) is 4.31. The minimum atomic E-state index is -0.182. The number of fused-ring (bicyclic) bond motifs is 1. The van der Waals surface area contributed by atoms with Gasteiger partial charge in [-0.25, -0.2) is 4.98 Å². The Morgan fingerprint density at radius 1 is 1.23 bits per heavy atom. The van der Waals surface area contributed by atoms with Gasteiger partial charge in [0.05, 0.1) is 12.8 Å². The first-order valence-electron chi connectivity index (χ1n) is 6.88. The maximum atomic E-state index is 9.45. The van der Waals surface area contributed by atoms with Crippen LogP contribution in [0.5, 0.6) is 5.75 Å². The van der Waals surface area contributed by atoms with Crippen LogP contribution in [0, 0.1) is 11.3 Å². The first-order chi connectivity index (χ1) is 10.4. The van der Waals surface area contributed by atoms with Crippen molar-refractivity contribution in [3.8, 4) is 22.4 Å². The van der Waals surface area contributed by atoms with Crippen molar-refractivity contribution in [2.75, 3.05) is 7.11 Å². The lowest BCUT2D eigenvalue weighted by Crippen LogP contribution is -2.14. The lowest BCUT2D eigenvalue weighted by Gasteiger charge is -2.14. The summed E-state index contributed by atoms with van der Waals surface area (Å²) in [6, 6.07) is 9.93. The van der Waals surface area contributed by atoms with Crippen molar-refractivity contribution >= 4 is 16.3 Å². The maximum absolute atomic E-state index is 9.45. The van der Waals surface area contributed by atoms with Crippen LogP contribution in [-0.2, 0) is 5.41 Å². The number of hydrogen-bond acceptors (Lipinski definition) is 5. The Bertz CT molecular complexity index is 863. The fourth-order valence-electron chi connectivity index (χ4n) is 2.22. The summed E-state index contributed by atoms with van der Waals surface area (Å²) in [4.78, 5) is 5.35. The largest absolute Gasteiger partial charge is 0.497 e. The van der Waals surface area contributed by atoms with Gasteiger partial charge in [0.15, 0.2) is 5.69 Å². The van der Waals surface area contributed by atoms with E-state index in [1.165, 1.54) is 11.3 Å². The zero-order valence-electron chi connectivity index (χ0n) is 12.9. The van der Waals surface area contributed by atoms with E-state index >= 15 is 0 Å². The molecule has 3 aromatic rings. The average Bonchev–Trinajstić information content (AvgIpc) is 3.04. The highest BCUT2D eigenvalue weighted by Gasteiger charge is 2.26. The number of nitrogens with zero attached hydrogens (tertiary/aromatic N) is 4. The van der Waals surface area contributed by atoms with E-state index in [1.807, 2.05) is 45.0 Å². The van der Waals surface area contributed by atoms with Gasteiger partial charge in [0.2, 0.25) is 4.96 Å². The van der Waals surface area contributed by atoms with E-state index in [0.717, 1.165) is 27.0 Å². The van der Waals surface area contributed by atoms with Gasteiger partial charge in [0, 0.05) is 11.0 Å². The molecule has 0 spiro atoms. The SMILES string of the molecule is COc1ccc(-c2nn3c(C#N)c(C(C)(C)C)nc3s2)cc1. The number of methoxy groups -OCH3 is 1. The molecule has 0 unspecified atom stereocenters. The lowest BCUT2D eigenvalue weighted by molar-refractivity contribution is 0.415. The van der Waals surface area contributed by atoms with Crippen molar-refractivity contribution < 1.29 is 4.74 Å². The van der Waals surface area contributed by atoms with Gasteiger partial charge in [-0.3, -0.25) is 0 Å². The van der Waals surface area contributed by atoms with E-state index in [1.54, 1.807) is 11.6 Å². The number of imidazole rings is 1. The Morgan fingerprint density at radius 2 is 1.91 bits per heavy atom. The molecule has 3 rings (SSSR count). The average molecular weight is 312 g/mol. The predicted molar refractivity (Wildman–Crippen MR) is 86.3 cm³/mol. The number of nitriles is 1. The first kappa shape index (κ1) is 14.5. The van der Waals surface area contributed by atoms with Crippen LogP contribution < -0.4 is 4.74 Å². The van der Waals surface area contributed by atoms with Crippen molar-refractivity contribution in [3.63, 3.8) is 0 Å². The quantitative estimate of drug-likeness (QED) is 0.725. The summed E-state index contributed by atoms with van der Waals surface area (Å²) in [5.41, 5.74) is 2.10. The van der Waals surface area contributed by atoms with Crippen LogP contribution in [0.1, 0.15) is 32.2 Å². The summed E-state index contributed by atoms with van der Waals surface area (Å²) in [5.74, 6) is 0.804. The van der Waals surface area contributed by atoms with Gasteiger partial charge in [-0.2, -0.15) is 14.9 Å². The molecular formula is C16H16N4OS. The van der Waals surface area contributed by atoms with Crippen LogP contribution in [0.25, 0.3) is 15.5 Å². The molecule has 112 valence electrons. The Morgan fingerprint density at radius 3 is 2.45 bits per heavy atom. The number of hydrogen-bond donors (Lipinski definition) is 0. The summed E-state index contributed by atoms with van der Waals surface area (Å²) >= 11 is 1.48. The van der Waals surface area contributed by atoms with Crippen LogP contribution in [0.3, 0.4) is 0 Å². The maximum Gasteiger partial charge on any atom is 0.214 e. The van der Waals surface area contributed by atoms with Gasteiger partial charge >= 0.3 is 0 Å². The third kappa shape index (κ3) is 2.34. The molecule has 0 atom stereocenters. The second-order valence-corrected chi connectivity index (χ2v) is 6.96. The van der Waals surface area contributed by atoms with Crippen molar-refractivity contribution in [1.82, 2.24) is 14.6 Å². The molecule has 0 fully saturated rings. The van der Waals surface area contributed by atoms with Gasteiger partial charge in [-0.15, -0.1) is 0 Å². The number of ether oxygens (including phenoxy) is 1. The second-order valence-electron chi connectivity index (χ2n) is 6.00. The third-order valence-electron chi connectivity index (χ3n) is 3.36. The summed E-state index contributed by atoms with van der Waals surface area (Å²) < 4.78 is 6.80. The highest BCUT2D eigenvalue weighted by molar-refractivity contribution is 7.19. The van der Waals surface area contributed by atoms with Gasteiger partial charge in [-0.05, 0) is 24.3 Å². The number of benzene rings is 1. The molecule has 0 N–H and O–H groups in total. The first-order valence-corrected chi connectivity index (χ1v) is 7.70. The predicted octanol–water partition coefficient (Wildman–Crippen LogP) is 3.64. The van der Waals surface area contributed by atoms with Gasteiger partial charge in [0.25, 0.3) is 0 Å². The molecule has 2 aromatic heterocycles. The highest BCUT2D eigenvalue weighted by Crippen LogP contribution is 2.31. The summed E-state index contributed by atoms with van der Waals surface area (Å²) in [6.45, 7) is 6.14. The fraction of sp³-hybridized carbons (Fsp3) is 0.312. The van der Waals surface area contributed by atoms with Crippen LogP contribution in [0.2, 0.25) is 0 Å². The molecule has 0 radical (unpaired) electrons. The second kappa shape index (κ2) is 5.11. The summed E-state index contributed by atoms with van der Waals surface area (Å²) in [6.07, 6.45) is 0. The molecule has 0 bridgehead atoms. The normalized spacial score (nSPS) is 11.6. The van der Waals surface area contributed by atoms with Crippen LogP contribution in [-0.4, -0.2) is 21.7 Å². The van der Waals surface area contributed by atoms with Crippen LogP contribution in [0.15, 0.2) is 24.3 Å². The zero-order valence-corrected chi connectivity index (χ0v) is 13.7. The minimum Gasteiger partial charge on any atom is -0.497 e. The molecule has 0 saturated carbocycles. The van der Waals surface area contributed by atoms with E-state index in [0.29, 0.717) is 5.69 Å². The van der Waals surface area contributed by atoms with E-state index in [4.69, 9.17) is 4.74 Å². The smallest absolute Gasteiger partial charge is 0.214 e. The van der Waals surface area contributed by atoms with Crippen LogP contribution >= 0.6 is 11.3 Å². The molecular weight excluding hydrogens is 296 g/mol. The molecule has 1 aromatic carbocycles. The Balaban J connectivity index is 2.11. The monoisotopic (exact) mass is 312 g/mol. The summed E-state index contributed by atoms with van der Waals surface area (Å²) in [7, 11) is 1.64. The van der Waals surface area contributed by atoms with Crippen LogP contribution in [0.4, 0.5) is 0 Å². The Labute approximate surface area is 132 Å². The number of rotatable bonds is 2. The van der Waals surface area contributed by atoms with E-state index in [-0.39, 0.29) is 5.41 Å². The van der Waals surface area contributed by atoms with Crippen molar-refractivity contribution in [2.45, 2.75) is 26.2 Å². The van der Waals surface area contributed by atoms with E-state index in [9.17, 15) is 5.26 Å². The Hall–Kier alpha value is -2.39. The lowest BCUT2D eigenvalue weighted by atomic mass is 9.91. The molecule has 0 aliphatic heterocycles. The molecule has 0 aliphatic carbocycles. The van der Waals surface area contributed by atoms with Gasteiger partial charge < -0.3 is 4.74 Å². The molecule has 0 amide bonds. The standard InChI is InChI=1S/C16H16N4OS/c1-16(2,3)13-12(9-17)20-15(18-13)22-14(19-20)10-5-7-11(21-4)8-6-10/h5-8H,1-4H3. The topological polar surface area (TPSA) is 63.2 Å². The molecule has 22 heavy (non-hydrogen) atoms. The van der Waals surface area contributed by atoms with E-state index in [2.05, 4.69) is 16.2 Å². The Kier molecular flexibility index (Phi) is 3.38. The zero-order chi connectivity index (χ0) is 15.9.